The molecule has 1 aromatic heterocycles. The number of benzene rings is 1. The summed E-state index contributed by atoms with van der Waals surface area (Å²) in [5.74, 6) is 0.531. The Hall–Kier alpha value is -2.73. The second kappa shape index (κ2) is 9.14. The first-order chi connectivity index (χ1) is 19.8. The standard InChI is InChI=1S/C36H49N5O/c1-24-25-8-10-34(4)27(26(25)22-28-30(24)38-17-16-37-28)9-11-35(5)29-23-33(3,14-12-32(29,2)13-15-36(34,35)6)39-31(42)41-20-18-40(7)19-21-41/h8-10,16-17,22,29H,11-15,18-21,23H2,1-7H3,(H,39,42)/t29-,32-,33-,34-,35+,36-/m1/s1. The number of rotatable bonds is 1. The fraction of sp³-hybridized carbons (Fsp3) is 0.639. The van der Waals surface area contributed by atoms with Gasteiger partial charge in [0.1, 0.15) is 0 Å². The van der Waals surface area contributed by atoms with E-state index in [4.69, 9.17) is 4.98 Å². The summed E-state index contributed by atoms with van der Waals surface area (Å²) in [6, 6.07) is 2.43. The molecule has 2 saturated carbocycles. The number of hydrogen-bond donors (Lipinski definition) is 1. The van der Waals surface area contributed by atoms with Crippen molar-refractivity contribution >= 4 is 28.7 Å². The van der Waals surface area contributed by atoms with E-state index < -0.39 is 0 Å². The first-order valence-corrected chi connectivity index (χ1v) is 16.2. The average molecular weight is 568 g/mol. The Balaban J connectivity index is 1.25. The van der Waals surface area contributed by atoms with Crippen LogP contribution in [0.1, 0.15) is 89.8 Å². The molecule has 7 rings (SSSR count). The van der Waals surface area contributed by atoms with E-state index in [0.29, 0.717) is 11.3 Å². The number of fused-ring (bicyclic) bond motifs is 8. The molecule has 1 aliphatic heterocycles. The van der Waals surface area contributed by atoms with Gasteiger partial charge in [-0.15, -0.1) is 0 Å². The van der Waals surface area contributed by atoms with Crippen LogP contribution in [0.5, 0.6) is 0 Å². The lowest BCUT2D eigenvalue weighted by molar-refractivity contribution is -0.171. The lowest BCUT2D eigenvalue weighted by Gasteiger charge is -2.71. The minimum atomic E-state index is -0.180. The summed E-state index contributed by atoms with van der Waals surface area (Å²) in [4.78, 5) is 27.2. The highest BCUT2D eigenvalue weighted by molar-refractivity contribution is 5.93. The molecule has 3 fully saturated rings. The molecule has 0 bridgehead atoms. The van der Waals surface area contributed by atoms with Gasteiger partial charge in [0, 0.05) is 49.5 Å². The van der Waals surface area contributed by atoms with Gasteiger partial charge in [-0.3, -0.25) is 9.97 Å². The third-order valence-corrected chi connectivity index (χ3v) is 13.5. The zero-order valence-corrected chi connectivity index (χ0v) is 26.8. The van der Waals surface area contributed by atoms with Gasteiger partial charge >= 0.3 is 6.03 Å². The maximum Gasteiger partial charge on any atom is 0.317 e. The number of carbonyl (C=O) groups excluding carboxylic acids is 1. The predicted octanol–water partition coefficient (Wildman–Crippen LogP) is 7.09. The average Bonchev–Trinajstić information content (AvgIpc) is 2.96. The summed E-state index contributed by atoms with van der Waals surface area (Å²) in [5, 5.41) is 3.58. The minimum absolute atomic E-state index is 0.0758. The smallest absolute Gasteiger partial charge is 0.317 e. The zero-order valence-electron chi connectivity index (χ0n) is 26.8. The minimum Gasteiger partial charge on any atom is -0.333 e. The van der Waals surface area contributed by atoms with Crippen LogP contribution in [-0.2, 0) is 0 Å². The van der Waals surface area contributed by atoms with E-state index in [2.05, 4.69) is 88.1 Å². The van der Waals surface area contributed by atoms with Crippen molar-refractivity contribution in [2.75, 3.05) is 33.2 Å². The number of aryl methyl sites for hydroxylation is 1. The molecule has 1 saturated heterocycles. The van der Waals surface area contributed by atoms with Crippen molar-refractivity contribution in [3.8, 4) is 0 Å². The van der Waals surface area contributed by atoms with Crippen molar-refractivity contribution in [1.29, 1.82) is 0 Å². The highest BCUT2D eigenvalue weighted by Crippen LogP contribution is 2.75. The van der Waals surface area contributed by atoms with Gasteiger partial charge in [0.25, 0.3) is 0 Å². The molecule has 1 N–H and O–H groups in total. The second-order valence-corrected chi connectivity index (χ2v) is 15.7. The molecule has 2 heterocycles. The van der Waals surface area contributed by atoms with Gasteiger partial charge in [-0.25, -0.2) is 4.79 Å². The van der Waals surface area contributed by atoms with Crippen LogP contribution in [0.4, 0.5) is 4.79 Å². The van der Waals surface area contributed by atoms with Crippen LogP contribution in [0, 0.1) is 34.5 Å². The van der Waals surface area contributed by atoms with Gasteiger partial charge in [-0.1, -0.05) is 45.9 Å². The first-order valence-electron chi connectivity index (χ1n) is 16.2. The molecular weight excluding hydrogens is 518 g/mol. The number of allylic oxidation sites excluding steroid dienone is 3. The van der Waals surface area contributed by atoms with E-state index in [9.17, 15) is 4.79 Å². The maximum absolute atomic E-state index is 13.5. The quantitative estimate of drug-likeness (QED) is 0.400. The van der Waals surface area contributed by atoms with Crippen LogP contribution in [0.3, 0.4) is 0 Å². The highest BCUT2D eigenvalue weighted by atomic mass is 16.2. The summed E-state index contributed by atoms with van der Waals surface area (Å²) in [6.07, 6.45) is 18.0. The molecule has 224 valence electrons. The lowest BCUT2D eigenvalue weighted by Crippen LogP contribution is -2.66. The van der Waals surface area contributed by atoms with Gasteiger partial charge in [0.05, 0.1) is 11.0 Å². The zero-order chi connectivity index (χ0) is 29.7. The van der Waals surface area contributed by atoms with E-state index in [1.807, 2.05) is 11.1 Å². The van der Waals surface area contributed by atoms with Crippen LogP contribution in [-0.4, -0.2) is 64.6 Å². The number of amides is 2. The molecule has 6 heteroatoms. The van der Waals surface area contributed by atoms with Gasteiger partial charge in [0.15, 0.2) is 0 Å². The van der Waals surface area contributed by atoms with Crippen LogP contribution in [0.2, 0.25) is 0 Å². The van der Waals surface area contributed by atoms with Crippen LogP contribution >= 0.6 is 0 Å². The number of likely N-dealkylation sites (N-methyl/N-ethyl adjacent to an activating group) is 1. The SMILES string of the molecule is Cc1c2c(cc3nccnc13)C1=CC[C@@]3(C)[C@@H]4C[C@](C)(NC(=O)N5CCN(C)CC5)CC[C@]4(C)CC[C@]3(C)[C@]1(C)C=C2. The molecule has 0 unspecified atom stereocenters. The molecule has 6 atom stereocenters. The maximum atomic E-state index is 13.5. The van der Waals surface area contributed by atoms with E-state index in [1.54, 1.807) is 6.20 Å². The molecule has 0 spiro atoms. The first kappa shape index (κ1) is 28.1. The van der Waals surface area contributed by atoms with Crippen LogP contribution < -0.4 is 5.32 Å². The lowest BCUT2D eigenvalue weighted by atomic mass is 9.34. The number of aromatic nitrogens is 2. The van der Waals surface area contributed by atoms with E-state index in [-0.39, 0.29) is 27.8 Å². The Morgan fingerprint density at radius 3 is 2.45 bits per heavy atom. The molecule has 1 aromatic carbocycles. The number of nitrogens with one attached hydrogen (secondary N) is 1. The molecule has 2 aromatic rings. The normalized spacial score (nSPS) is 39.5. The van der Waals surface area contributed by atoms with Crippen molar-refractivity contribution in [1.82, 2.24) is 25.1 Å². The molecule has 5 aliphatic rings. The number of piperazine rings is 1. The Kier molecular flexibility index (Phi) is 6.11. The van der Waals surface area contributed by atoms with Crippen molar-refractivity contribution in [2.45, 2.75) is 85.6 Å². The van der Waals surface area contributed by atoms with Crippen molar-refractivity contribution in [3.05, 3.63) is 47.3 Å². The topological polar surface area (TPSA) is 61.4 Å². The van der Waals surface area contributed by atoms with Crippen molar-refractivity contribution < 1.29 is 4.79 Å². The Bertz CT molecular complexity index is 1520. The summed E-state index contributed by atoms with van der Waals surface area (Å²) >= 11 is 0. The van der Waals surface area contributed by atoms with Crippen LogP contribution in [0.25, 0.3) is 22.7 Å². The number of hydrogen-bond acceptors (Lipinski definition) is 4. The molecule has 2 amide bonds. The number of carbonyl (C=O) groups is 1. The van der Waals surface area contributed by atoms with E-state index in [0.717, 1.165) is 56.5 Å². The van der Waals surface area contributed by atoms with Gasteiger partial charge in [-0.05, 0) is 110 Å². The third kappa shape index (κ3) is 3.75. The third-order valence-electron chi connectivity index (χ3n) is 13.5. The van der Waals surface area contributed by atoms with Crippen LogP contribution in [0.15, 0.2) is 30.6 Å². The largest absolute Gasteiger partial charge is 0.333 e. The van der Waals surface area contributed by atoms with E-state index >= 15 is 0 Å². The fourth-order valence-electron chi connectivity index (χ4n) is 10.2. The number of urea groups is 1. The summed E-state index contributed by atoms with van der Waals surface area (Å²) < 4.78 is 0. The summed E-state index contributed by atoms with van der Waals surface area (Å²) in [6.45, 7) is 18.3. The molecular formula is C36H49N5O. The fourth-order valence-corrected chi connectivity index (χ4v) is 10.2. The second-order valence-electron chi connectivity index (χ2n) is 15.7. The highest BCUT2D eigenvalue weighted by Gasteiger charge is 2.67. The molecule has 4 aliphatic carbocycles. The Labute approximate surface area is 252 Å². The molecule has 42 heavy (non-hydrogen) atoms. The molecule has 0 radical (unpaired) electrons. The monoisotopic (exact) mass is 567 g/mol. The van der Waals surface area contributed by atoms with Crippen molar-refractivity contribution in [2.24, 2.45) is 27.6 Å². The number of nitrogens with zero attached hydrogens (tertiary/aromatic N) is 4. The van der Waals surface area contributed by atoms with Gasteiger partial charge in [-0.2, -0.15) is 0 Å². The van der Waals surface area contributed by atoms with Gasteiger partial charge in [0.2, 0.25) is 0 Å². The Morgan fingerprint density at radius 1 is 0.976 bits per heavy atom. The molecule has 6 nitrogen and oxygen atoms in total. The Morgan fingerprint density at radius 2 is 1.69 bits per heavy atom. The van der Waals surface area contributed by atoms with Crippen molar-refractivity contribution in [3.63, 3.8) is 0 Å². The van der Waals surface area contributed by atoms with E-state index in [1.165, 1.54) is 41.5 Å². The summed E-state index contributed by atoms with van der Waals surface area (Å²) in [5.41, 5.74) is 7.59. The van der Waals surface area contributed by atoms with Gasteiger partial charge < -0.3 is 15.1 Å². The predicted molar refractivity (Wildman–Crippen MR) is 171 cm³/mol. The summed E-state index contributed by atoms with van der Waals surface area (Å²) in [7, 11) is 2.14.